The molecule has 24 heteroatoms. The molecule has 0 spiro atoms. The predicted molar refractivity (Wildman–Crippen MR) is 267 cm³/mol. The molecule has 4 saturated heterocycles. The number of aliphatic hydroxyl groups excluding tert-OH is 14. The number of hydrogen-bond acceptors (Lipinski definition) is 24. The number of allylic oxidation sites excluding steroid dienone is 1. The number of carbonyl (C=O) groups is 1. The minimum absolute atomic E-state index is 0.00290. The van der Waals surface area contributed by atoms with E-state index in [9.17, 15) is 76.6 Å². The van der Waals surface area contributed by atoms with Crippen LogP contribution in [0, 0.1) is 45.3 Å². The van der Waals surface area contributed by atoms with Crippen LogP contribution in [0.3, 0.4) is 0 Å². The molecule has 4 heterocycles. The van der Waals surface area contributed by atoms with Gasteiger partial charge >= 0.3 is 0 Å². The van der Waals surface area contributed by atoms with Crippen molar-refractivity contribution in [2.75, 3.05) is 26.4 Å². The summed E-state index contributed by atoms with van der Waals surface area (Å²) in [6, 6.07) is 0. The molecule has 78 heavy (non-hydrogen) atoms. The third kappa shape index (κ3) is 11.0. The van der Waals surface area contributed by atoms with Crippen LogP contribution in [-0.2, 0) is 42.7 Å². The molecule has 4 aliphatic heterocycles. The largest absolute Gasteiger partial charge is 0.394 e. The van der Waals surface area contributed by atoms with Gasteiger partial charge in [-0.05, 0) is 93.3 Å². The monoisotopic (exact) mass is 1120 g/mol. The van der Waals surface area contributed by atoms with Gasteiger partial charge in [0.05, 0.1) is 44.2 Å². The van der Waals surface area contributed by atoms with Crippen LogP contribution in [-0.4, -0.2) is 249 Å². The normalized spacial score (nSPS) is 50.5. The van der Waals surface area contributed by atoms with Crippen molar-refractivity contribution in [3.8, 4) is 0 Å². The van der Waals surface area contributed by atoms with Crippen LogP contribution in [0.5, 0.6) is 0 Å². The zero-order chi connectivity index (χ0) is 57.5. The van der Waals surface area contributed by atoms with Gasteiger partial charge < -0.3 is 114 Å². The molecular formula is C54H90O24. The molecule has 8 aliphatic rings. The molecule has 0 bridgehead atoms. The highest BCUT2D eigenvalue weighted by Crippen LogP contribution is 2.74. The average Bonchev–Trinajstić information content (AvgIpc) is 2.95. The van der Waals surface area contributed by atoms with Crippen molar-refractivity contribution in [2.45, 2.75) is 247 Å². The maximum Gasteiger partial charge on any atom is 0.187 e. The number of ketones is 1. The van der Waals surface area contributed by atoms with Gasteiger partial charge in [-0.25, -0.2) is 0 Å². The van der Waals surface area contributed by atoms with E-state index in [0.717, 1.165) is 18.4 Å². The molecule has 0 radical (unpaired) electrons. The van der Waals surface area contributed by atoms with Gasteiger partial charge in [-0.2, -0.15) is 0 Å². The summed E-state index contributed by atoms with van der Waals surface area (Å²) >= 11 is 0. The highest BCUT2D eigenvalue weighted by Gasteiger charge is 2.70. The SMILES string of the molecule is C[C@@H](CC[C@@H](O[C@@H]1O[C@H](CO[C@@H]2O[C@H](CO)[C@@H](O)[C@H](O)[C@H]2O)[C@@H](O)[C@H](O)[C@H]1O)C(C)(C)O)[C@H]1CC[C@@]2(C)[C@@H]3CC=C4[C@@H](CC[C@H](O[C@@H]5O[C@H](CO[C@@H]6O[C@H](CO)[C@@H](O)[C@H](O)[C@H]6O)[C@@H](O)[C@H](O)[C@H]5O)C4(C)C)[C@]3(C)C(=O)C[C@]12C. The van der Waals surface area contributed by atoms with Gasteiger partial charge in [-0.3, -0.25) is 4.79 Å². The number of fused-ring (bicyclic) bond motifs is 5. The van der Waals surface area contributed by atoms with Gasteiger partial charge in [-0.15, -0.1) is 0 Å². The topological polar surface area (TPSA) is 394 Å². The summed E-state index contributed by atoms with van der Waals surface area (Å²) in [5.74, 6) is 0.195. The van der Waals surface area contributed by atoms with Crippen molar-refractivity contribution >= 4 is 5.78 Å². The van der Waals surface area contributed by atoms with E-state index in [-0.39, 0.29) is 41.3 Å². The van der Waals surface area contributed by atoms with E-state index >= 15 is 4.79 Å². The maximum absolute atomic E-state index is 15.2. The van der Waals surface area contributed by atoms with Gasteiger partial charge in [0.2, 0.25) is 0 Å². The maximum atomic E-state index is 15.2. The summed E-state index contributed by atoms with van der Waals surface area (Å²) in [6.45, 7) is 13.6. The fourth-order valence-electron chi connectivity index (χ4n) is 15.3. The van der Waals surface area contributed by atoms with Gasteiger partial charge in [0.15, 0.2) is 25.2 Å². The minimum Gasteiger partial charge on any atom is -0.394 e. The van der Waals surface area contributed by atoms with Crippen molar-refractivity contribution in [3.05, 3.63) is 11.6 Å². The van der Waals surface area contributed by atoms with Crippen LogP contribution >= 0.6 is 0 Å². The van der Waals surface area contributed by atoms with E-state index in [1.807, 2.05) is 13.8 Å². The Hall–Kier alpha value is -1.51. The molecule has 8 rings (SSSR count). The van der Waals surface area contributed by atoms with Crippen molar-refractivity contribution in [3.63, 3.8) is 0 Å². The number of carbonyl (C=O) groups excluding carboxylic acids is 1. The van der Waals surface area contributed by atoms with Crippen LogP contribution in [0.15, 0.2) is 11.6 Å². The smallest absolute Gasteiger partial charge is 0.187 e. The van der Waals surface area contributed by atoms with Crippen LogP contribution in [0.4, 0.5) is 0 Å². The molecule has 15 N–H and O–H groups in total. The van der Waals surface area contributed by atoms with E-state index in [2.05, 4.69) is 33.8 Å². The summed E-state index contributed by atoms with van der Waals surface area (Å²) in [4.78, 5) is 15.2. The van der Waals surface area contributed by atoms with Gasteiger partial charge in [0.1, 0.15) is 103 Å². The van der Waals surface area contributed by atoms with Crippen LogP contribution in [0.25, 0.3) is 0 Å². The lowest BCUT2D eigenvalue weighted by Crippen LogP contribution is -2.64. The Morgan fingerprint density at radius 2 is 1.06 bits per heavy atom. The molecule has 0 aromatic rings. The molecule has 29 atom stereocenters. The molecule has 0 unspecified atom stereocenters. The fourth-order valence-corrected chi connectivity index (χ4v) is 15.3. The average molecular weight is 1120 g/mol. The fraction of sp³-hybridized carbons (Fsp3) is 0.944. The van der Waals surface area contributed by atoms with Crippen LogP contribution in [0.1, 0.15) is 107 Å². The van der Waals surface area contributed by atoms with Gasteiger partial charge in [-0.1, -0.05) is 53.2 Å². The number of hydrogen-bond donors (Lipinski definition) is 15. The first-order valence-corrected chi connectivity index (χ1v) is 27.9. The number of Topliss-reactive ketones (excluding diaryl/α,β-unsaturated/α-hetero) is 1. The van der Waals surface area contributed by atoms with Gasteiger partial charge in [0, 0.05) is 17.3 Å². The number of rotatable bonds is 17. The number of aliphatic hydroxyl groups is 15. The quantitative estimate of drug-likeness (QED) is 0.0645. The summed E-state index contributed by atoms with van der Waals surface area (Å²) in [7, 11) is 0. The standard InChI is InChI=1S/C54H90O24/c1-22(9-13-33(51(4,5)70)78-49-45(69)41(65)37(61)29(76-49)21-72-47-43(67)39(63)35(59)27(19-56)74-47)23-15-16-52(6)30-12-10-24-25(54(30,8)31(57)17-53(23,52)7)11-14-32(50(24,2)3)77-48-44(68)40(64)36(60)28(75-48)20-71-46-42(66)38(62)34(58)26(18-55)73-46/h10,22-23,25-30,32-49,55-56,58-70H,9,11-21H2,1-8H3/t22-,23+,25+,26+,27+,28+,29+,30-,32-,33+,34+,35+,36+,37+,38-,39-,40-,41-,42+,43+,44+,45+,46+,47+,48-,49-,52-,53+,54-/m0/s1. The van der Waals surface area contributed by atoms with E-state index in [0.29, 0.717) is 32.1 Å². The molecule has 0 aromatic carbocycles. The van der Waals surface area contributed by atoms with Crippen molar-refractivity contribution in [1.29, 1.82) is 0 Å². The molecule has 0 amide bonds. The highest BCUT2D eigenvalue weighted by molar-refractivity contribution is 5.88. The van der Waals surface area contributed by atoms with E-state index in [1.165, 1.54) is 0 Å². The zero-order valence-electron chi connectivity index (χ0n) is 46.0. The van der Waals surface area contributed by atoms with E-state index < -0.39 is 183 Å². The Morgan fingerprint density at radius 1 is 0.603 bits per heavy atom. The molecule has 7 fully saturated rings. The molecule has 3 saturated carbocycles. The lowest BCUT2D eigenvalue weighted by Gasteiger charge is -2.65. The van der Waals surface area contributed by atoms with Crippen molar-refractivity contribution in [1.82, 2.24) is 0 Å². The zero-order valence-corrected chi connectivity index (χ0v) is 46.0. The predicted octanol–water partition coefficient (Wildman–Crippen LogP) is -3.02. The van der Waals surface area contributed by atoms with E-state index in [4.69, 9.17) is 37.9 Å². The Kier molecular flexibility index (Phi) is 18.8. The Balaban J connectivity index is 0.910. The molecular weight excluding hydrogens is 1030 g/mol. The molecule has 450 valence electrons. The van der Waals surface area contributed by atoms with Crippen LogP contribution in [0.2, 0.25) is 0 Å². The summed E-state index contributed by atoms with van der Waals surface area (Å²) < 4.78 is 46.8. The summed E-state index contributed by atoms with van der Waals surface area (Å²) in [6.07, 6.45) is -26.3. The minimum atomic E-state index is -1.78. The first-order chi connectivity index (χ1) is 36.4. The Bertz CT molecular complexity index is 2070. The second-order valence-corrected chi connectivity index (χ2v) is 25.7. The second kappa shape index (κ2) is 23.5. The lowest BCUT2D eigenvalue weighted by atomic mass is 9.38. The third-order valence-electron chi connectivity index (χ3n) is 20.5. The second-order valence-electron chi connectivity index (χ2n) is 25.7. The summed E-state index contributed by atoms with van der Waals surface area (Å²) in [5, 5.41) is 158. The van der Waals surface area contributed by atoms with Crippen molar-refractivity contribution < 1.29 is 119 Å². The first kappa shape index (κ1) is 62.5. The molecule has 4 aliphatic carbocycles. The lowest BCUT2D eigenvalue weighted by molar-refractivity contribution is -0.341. The van der Waals surface area contributed by atoms with E-state index in [1.54, 1.807) is 13.8 Å². The Labute approximate surface area is 454 Å². The first-order valence-electron chi connectivity index (χ1n) is 27.9. The van der Waals surface area contributed by atoms with Crippen LogP contribution < -0.4 is 0 Å². The Morgan fingerprint density at radius 3 is 1.56 bits per heavy atom. The molecule has 0 aromatic heterocycles. The molecule has 24 nitrogen and oxygen atoms in total. The third-order valence-corrected chi connectivity index (χ3v) is 20.5. The highest BCUT2D eigenvalue weighted by atomic mass is 16.7. The summed E-state index contributed by atoms with van der Waals surface area (Å²) in [5.41, 5.74) is -2.49. The number of ether oxygens (including phenoxy) is 8. The van der Waals surface area contributed by atoms with Crippen molar-refractivity contribution in [2.24, 2.45) is 45.3 Å². The van der Waals surface area contributed by atoms with Gasteiger partial charge in [0.25, 0.3) is 0 Å².